The highest BCUT2D eigenvalue weighted by Gasteiger charge is 2.52. The molecule has 1 aliphatic carbocycles. The Balaban J connectivity index is 1.30. The summed E-state index contributed by atoms with van der Waals surface area (Å²) in [4.78, 5) is 26.7. The summed E-state index contributed by atoms with van der Waals surface area (Å²) in [6.45, 7) is 11.7. The first kappa shape index (κ1) is 22.2. The number of primary amides is 1. The predicted molar refractivity (Wildman–Crippen MR) is 136 cm³/mol. The fraction of sp³-hybridized carbons (Fsp3) is 0.481. The van der Waals surface area contributed by atoms with Gasteiger partial charge in [-0.15, -0.1) is 0 Å². The number of likely N-dealkylation sites (tertiary alicyclic amines) is 1. The normalized spacial score (nSPS) is 18.0. The van der Waals surface area contributed by atoms with Crippen LogP contribution in [0.1, 0.15) is 67.3 Å². The van der Waals surface area contributed by atoms with Gasteiger partial charge in [-0.05, 0) is 61.3 Å². The smallest absolute Gasteiger partial charge is 0.218 e. The zero-order valence-corrected chi connectivity index (χ0v) is 20.9. The molecule has 1 spiro atoms. The van der Waals surface area contributed by atoms with E-state index >= 15 is 0 Å². The molecule has 1 aliphatic heterocycles. The average Bonchev–Trinajstić information content (AvgIpc) is 3.38. The first-order valence-corrected chi connectivity index (χ1v) is 12.6. The Morgan fingerprint density at radius 2 is 2.00 bits per heavy atom. The van der Waals surface area contributed by atoms with E-state index in [1.54, 1.807) is 6.33 Å². The van der Waals surface area contributed by atoms with Crippen molar-refractivity contribution in [1.82, 2.24) is 29.5 Å². The zero-order valence-electron chi connectivity index (χ0n) is 20.9. The quantitative estimate of drug-likeness (QED) is 0.441. The molecule has 3 N–H and O–H groups in total. The van der Waals surface area contributed by atoms with Gasteiger partial charge in [-0.3, -0.25) is 9.78 Å². The second-order valence-electron chi connectivity index (χ2n) is 11.1. The molecule has 0 atom stereocenters. The van der Waals surface area contributed by atoms with Gasteiger partial charge < -0.3 is 15.6 Å². The number of carbonyl (C=O) groups excluding carboxylic acids is 1. The fourth-order valence-corrected chi connectivity index (χ4v) is 6.34. The van der Waals surface area contributed by atoms with Gasteiger partial charge in [0.1, 0.15) is 6.33 Å². The van der Waals surface area contributed by atoms with Crippen LogP contribution >= 0.6 is 0 Å². The molecule has 6 rings (SSSR count). The number of aromatic nitrogens is 5. The van der Waals surface area contributed by atoms with Crippen molar-refractivity contribution in [3.8, 4) is 11.3 Å². The van der Waals surface area contributed by atoms with Crippen LogP contribution in [0.25, 0.3) is 27.9 Å². The van der Waals surface area contributed by atoms with Gasteiger partial charge in [-0.1, -0.05) is 13.8 Å². The van der Waals surface area contributed by atoms with E-state index in [0.29, 0.717) is 23.7 Å². The summed E-state index contributed by atoms with van der Waals surface area (Å²) in [6, 6.07) is 4.40. The highest BCUT2D eigenvalue weighted by atomic mass is 16.1. The molecular formula is C27H33N7O. The molecule has 182 valence electrons. The Labute approximate surface area is 204 Å². The van der Waals surface area contributed by atoms with Gasteiger partial charge in [0.25, 0.3) is 0 Å². The molecule has 35 heavy (non-hydrogen) atoms. The zero-order chi connectivity index (χ0) is 24.5. The number of pyridine rings is 2. The van der Waals surface area contributed by atoms with Crippen LogP contribution in [0.4, 0.5) is 0 Å². The molecule has 0 aromatic carbocycles. The molecule has 0 unspecified atom stereocenters. The van der Waals surface area contributed by atoms with Crippen molar-refractivity contribution in [1.29, 1.82) is 0 Å². The number of nitrogens with two attached hydrogens (primary N) is 1. The van der Waals surface area contributed by atoms with Crippen LogP contribution < -0.4 is 5.73 Å². The summed E-state index contributed by atoms with van der Waals surface area (Å²) in [7, 11) is 0. The molecule has 8 nitrogen and oxygen atoms in total. The van der Waals surface area contributed by atoms with Crippen molar-refractivity contribution in [2.24, 2.45) is 11.1 Å². The van der Waals surface area contributed by atoms with Gasteiger partial charge in [0.15, 0.2) is 5.65 Å². The monoisotopic (exact) mass is 471 g/mol. The van der Waals surface area contributed by atoms with Crippen LogP contribution in [0.2, 0.25) is 0 Å². The third-order valence-electron chi connectivity index (χ3n) is 8.24. The number of aryl methyl sites for hydroxylation is 1. The van der Waals surface area contributed by atoms with Gasteiger partial charge >= 0.3 is 0 Å². The number of hydrogen-bond acceptors (Lipinski definition) is 5. The van der Waals surface area contributed by atoms with Crippen LogP contribution in [0.5, 0.6) is 0 Å². The van der Waals surface area contributed by atoms with E-state index in [9.17, 15) is 4.79 Å². The van der Waals surface area contributed by atoms with Gasteiger partial charge in [0, 0.05) is 55.0 Å². The molecule has 8 heteroatoms. The third kappa shape index (κ3) is 3.54. The summed E-state index contributed by atoms with van der Waals surface area (Å²) in [5, 5.41) is 4.39. The number of rotatable bonds is 6. The maximum absolute atomic E-state index is 11.1. The molecule has 1 saturated heterocycles. The Bertz CT molecular complexity index is 1450. The Hall–Kier alpha value is -3.26. The first-order valence-electron chi connectivity index (χ1n) is 12.6. The second kappa shape index (κ2) is 7.88. The van der Waals surface area contributed by atoms with E-state index in [0.717, 1.165) is 53.1 Å². The lowest BCUT2D eigenvalue weighted by atomic mass is 9.57. The molecule has 5 heterocycles. The van der Waals surface area contributed by atoms with Gasteiger partial charge in [0.2, 0.25) is 5.91 Å². The van der Waals surface area contributed by atoms with E-state index in [1.165, 1.54) is 29.7 Å². The highest BCUT2D eigenvalue weighted by molar-refractivity contribution is 5.89. The molecular weight excluding hydrogens is 438 g/mol. The van der Waals surface area contributed by atoms with Gasteiger partial charge in [0.05, 0.1) is 16.7 Å². The fourth-order valence-electron chi connectivity index (χ4n) is 6.34. The van der Waals surface area contributed by atoms with Crippen molar-refractivity contribution in [3.63, 3.8) is 0 Å². The summed E-state index contributed by atoms with van der Waals surface area (Å²) in [5.74, 6) is 0.616. The number of hydrogen-bond donors (Lipinski definition) is 2. The largest absolute Gasteiger partial charge is 0.370 e. The van der Waals surface area contributed by atoms with Crippen molar-refractivity contribution >= 4 is 22.6 Å². The lowest BCUT2D eigenvalue weighted by Crippen LogP contribution is -2.61. The SMILES string of the molecule is Cc1c(-c2[nH]c3ccc(C4CC5(C4)CN(CCC(N)=O)C5)nc3c2C(C)C)cn2ncnc2c1C. The van der Waals surface area contributed by atoms with Crippen LogP contribution in [-0.4, -0.2) is 55.0 Å². The van der Waals surface area contributed by atoms with Crippen molar-refractivity contribution in [2.75, 3.05) is 19.6 Å². The van der Waals surface area contributed by atoms with Gasteiger partial charge in [-0.25, -0.2) is 9.50 Å². The van der Waals surface area contributed by atoms with Gasteiger partial charge in [-0.2, -0.15) is 5.10 Å². The molecule has 2 aliphatic rings. The lowest BCUT2D eigenvalue weighted by Gasteiger charge is -2.59. The van der Waals surface area contributed by atoms with Crippen molar-refractivity contribution in [3.05, 3.63) is 47.0 Å². The van der Waals surface area contributed by atoms with Crippen molar-refractivity contribution < 1.29 is 4.79 Å². The molecule has 1 amide bonds. The molecule has 4 aromatic rings. The number of nitrogens with zero attached hydrogens (tertiary/aromatic N) is 5. The summed E-state index contributed by atoms with van der Waals surface area (Å²) >= 11 is 0. The van der Waals surface area contributed by atoms with Crippen LogP contribution in [0, 0.1) is 19.3 Å². The van der Waals surface area contributed by atoms with E-state index in [1.807, 2.05) is 4.52 Å². The number of H-pyrrole nitrogens is 1. The predicted octanol–water partition coefficient (Wildman–Crippen LogP) is 4.07. The minimum atomic E-state index is -0.215. The Morgan fingerprint density at radius 1 is 1.23 bits per heavy atom. The van der Waals surface area contributed by atoms with Crippen LogP contribution in [0.15, 0.2) is 24.7 Å². The standard InChI is InChI=1S/C27H33N7O/c1-15(2)23-24(19-11-34-26(29-14-30-34)17(4)16(19)3)32-21-6-5-20(31-25(21)23)18-9-27(10-18)12-33(13-27)8-7-22(28)35/h5-6,11,14-15,18,32H,7-10,12-13H2,1-4H3,(H2,28,35). The van der Waals surface area contributed by atoms with Crippen molar-refractivity contribution in [2.45, 2.75) is 58.8 Å². The molecule has 2 fully saturated rings. The minimum Gasteiger partial charge on any atom is -0.370 e. The number of fused-ring (bicyclic) bond motifs is 2. The topological polar surface area (TPSA) is 105 Å². The molecule has 0 bridgehead atoms. The molecule has 1 saturated carbocycles. The highest BCUT2D eigenvalue weighted by Crippen LogP contribution is 2.56. The Kier molecular flexibility index (Phi) is 5.00. The average molecular weight is 472 g/mol. The second-order valence-corrected chi connectivity index (χ2v) is 11.1. The maximum Gasteiger partial charge on any atom is 0.218 e. The van der Waals surface area contributed by atoms with E-state index < -0.39 is 0 Å². The number of aromatic amines is 1. The number of nitrogens with one attached hydrogen (secondary N) is 1. The number of carbonyl (C=O) groups is 1. The maximum atomic E-state index is 11.1. The minimum absolute atomic E-state index is 0.215. The first-order chi connectivity index (χ1) is 16.7. The lowest BCUT2D eigenvalue weighted by molar-refractivity contribution is -0.120. The molecule has 0 radical (unpaired) electrons. The summed E-state index contributed by atoms with van der Waals surface area (Å²) < 4.78 is 1.87. The molecule has 4 aromatic heterocycles. The third-order valence-corrected chi connectivity index (χ3v) is 8.24. The van der Waals surface area contributed by atoms with E-state index in [4.69, 9.17) is 10.7 Å². The summed E-state index contributed by atoms with van der Waals surface area (Å²) in [5.41, 5.74) is 15.9. The van der Waals surface area contributed by atoms with Crippen LogP contribution in [0.3, 0.4) is 0 Å². The van der Waals surface area contributed by atoms with Crippen LogP contribution in [-0.2, 0) is 4.79 Å². The van der Waals surface area contributed by atoms with E-state index in [2.05, 4.69) is 66.0 Å². The number of amides is 1. The Morgan fingerprint density at radius 3 is 2.71 bits per heavy atom. The van der Waals surface area contributed by atoms with E-state index in [-0.39, 0.29) is 5.91 Å². The summed E-state index contributed by atoms with van der Waals surface area (Å²) in [6.07, 6.45) is 6.49.